The van der Waals surface area contributed by atoms with Crippen molar-refractivity contribution in [1.82, 2.24) is 20.3 Å². The van der Waals surface area contributed by atoms with E-state index in [-0.39, 0.29) is 17.5 Å². The van der Waals surface area contributed by atoms with Gasteiger partial charge in [-0.25, -0.2) is 4.68 Å². The van der Waals surface area contributed by atoms with Crippen molar-refractivity contribution in [2.24, 2.45) is 17.3 Å². The Labute approximate surface area is 128 Å². The molecule has 116 valence electrons. The van der Waals surface area contributed by atoms with Gasteiger partial charge >= 0.3 is 0 Å². The van der Waals surface area contributed by atoms with Crippen LogP contribution in [0.4, 0.5) is 5.82 Å². The molecule has 1 aromatic rings. The molecule has 22 heavy (non-hydrogen) atoms. The van der Waals surface area contributed by atoms with E-state index in [1.54, 1.807) is 4.68 Å². The average Bonchev–Trinajstić information content (AvgIpc) is 3.20. The maximum absolute atomic E-state index is 12.4. The SMILES string of the molecule is C#CCCC1(CCNC(=O)C2CCNc3c2nnn3C)N=N1. The molecule has 2 aliphatic rings. The van der Waals surface area contributed by atoms with Crippen molar-refractivity contribution in [1.29, 1.82) is 0 Å². The van der Waals surface area contributed by atoms with Crippen molar-refractivity contribution in [2.45, 2.75) is 37.3 Å². The van der Waals surface area contributed by atoms with E-state index >= 15 is 0 Å². The van der Waals surface area contributed by atoms with E-state index in [0.29, 0.717) is 31.5 Å². The van der Waals surface area contributed by atoms with Gasteiger partial charge in [-0.2, -0.15) is 10.2 Å². The average molecular weight is 301 g/mol. The minimum atomic E-state index is -0.356. The molecular formula is C14H19N7O. The van der Waals surface area contributed by atoms with Gasteiger partial charge in [0.05, 0.1) is 5.92 Å². The molecule has 0 saturated carbocycles. The van der Waals surface area contributed by atoms with Gasteiger partial charge in [-0.3, -0.25) is 4.79 Å². The van der Waals surface area contributed by atoms with Crippen molar-refractivity contribution in [2.75, 3.05) is 18.4 Å². The lowest BCUT2D eigenvalue weighted by Crippen LogP contribution is -2.35. The second kappa shape index (κ2) is 5.75. The van der Waals surface area contributed by atoms with Crippen LogP contribution in [-0.2, 0) is 11.8 Å². The summed E-state index contributed by atoms with van der Waals surface area (Å²) in [5, 5.41) is 22.4. The zero-order chi connectivity index (χ0) is 15.6. The highest BCUT2D eigenvalue weighted by molar-refractivity contribution is 5.85. The Kier molecular flexibility index (Phi) is 3.79. The molecule has 2 aliphatic heterocycles. The van der Waals surface area contributed by atoms with Crippen LogP contribution in [0, 0.1) is 12.3 Å². The zero-order valence-corrected chi connectivity index (χ0v) is 12.5. The number of nitrogens with zero attached hydrogens (tertiary/aromatic N) is 5. The van der Waals surface area contributed by atoms with Crippen molar-refractivity contribution in [3.05, 3.63) is 5.69 Å². The van der Waals surface area contributed by atoms with Gasteiger partial charge < -0.3 is 10.6 Å². The number of nitrogens with one attached hydrogen (secondary N) is 2. The lowest BCUT2D eigenvalue weighted by Gasteiger charge is -2.22. The highest BCUT2D eigenvalue weighted by atomic mass is 16.1. The summed E-state index contributed by atoms with van der Waals surface area (Å²) in [5.74, 6) is 3.15. The van der Waals surface area contributed by atoms with E-state index in [1.165, 1.54) is 0 Å². The molecule has 1 unspecified atom stereocenters. The molecule has 2 N–H and O–H groups in total. The van der Waals surface area contributed by atoms with Crippen molar-refractivity contribution in [3.8, 4) is 12.3 Å². The second-order valence-electron chi connectivity index (χ2n) is 5.64. The summed E-state index contributed by atoms with van der Waals surface area (Å²) in [6.07, 6.45) is 8.07. The number of fused-ring (bicyclic) bond motifs is 1. The van der Waals surface area contributed by atoms with Crippen LogP contribution >= 0.6 is 0 Å². The number of hydrogen-bond donors (Lipinski definition) is 2. The van der Waals surface area contributed by atoms with Crippen LogP contribution in [0.2, 0.25) is 0 Å². The van der Waals surface area contributed by atoms with Gasteiger partial charge in [0.2, 0.25) is 5.91 Å². The smallest absolute Gasteiger partial charge is 0.229 e. The summed E-state index contributed by atoms with van der Waals surface area (Å²) in [6.45, 7) is 1.28. The van der Waals surface area contributed by atoms with Gasteiger partial charge in [0.1, 0.15) is 11.5 Å². The van der Waals surface area contributed by atoms with Crippen LogP contribution in [0.1, 0.15) is 37.3 Å². The number of terminal acetylenes is 1. The van der Waals surface area contributed by atoms with E-state index in [1.807, 2.05) is 7.05 Å². The molecule has 8 heteroatoms. The maximum Gasteiger partial charge on any atom is 0.229 e. The lowest BCUT2D eigenvalue weighted by atomic mass is 9.97. The molecule has 3 rings (SSSR count). The number of hydrogen-bond acceptors (Lipinski definition) is 6. The second-order valence-corrected chi connectivity index (χ2v) is 5.64. The molecule has 0 bridgehead atoms. The molecule has 0 aliphatic carbocycles. The third-order valence-corrected chi connectivity index (χ3v) is 4.10. The molecule has 0 radical (unpaired) electrons. The van der Waals surface area contributed by atoms with E-state index in [2.05, 4.69) is 37.1 Å². The minimum absolute atomic E-state index is 0.0176. The third kappa shape index (κ3) is 2.79. The third-order valence-electron chi connectivity index (χ3n) is 4.10. The van der Waals surface area contributed by atoms with Crippen LogP contribution < -0.4 is 10.6 Å². The Morgan fingerprint density at radius 1 is 1.55 bits per heavy atom. The molecule has 0 fully saturated rings. The van der Waals surface area contributed by atoms with Gasteiger partial charge in [0.15, 0.2) is 5.66 Å². The predicted octanol–water partition coefficient (Wildman–Crippen LogP) is 0.796. The molecule has 0 aromatic carbocycles. The quantitative estimate of drug-likeness (QED) is 0.759. The van der Waals surface area contributed by atoms with Crippen molar-refractivity contribution < 1.29 is 4.79 Å². The predicted molar refractivity (Wildman–Crippen MR) is 80.1 cm³/mol. The van der Waals surface area contributed by atoms with E-state index in [9.17, 15) is 4.79 Å². The van der Waals surface area contributed by atoms with Crippen LogP contribution in [0.25, 0.3) is 0 Å². The largest absolute Gasteiger partial charge is 0.369 e. The van der Waals surface area contributed by atoms with E-state index in [4.69, 9.17) is 6.42 Å². The van der Waals surface area contributed by atoms with Crippen LogP contribution in [-0.4, -0.2) is 39.7 Å². The summed E-state index contributed by atoms with van der Waals surface area (Å²) in [6, 6.07) is 0. The van der Waals surface area contributed by atoms with Gasteiger partial charge in [0, 0.05) is 39.4 Å². The number of carbonyl (C=O) groups excluding carboxylic acids is 1. The highest BCUT2D eigenvalue weighted by Gasteiger charge is 2.39. The normalized spacial score (nSPS) is 20.6. The van der Waals surface area contributed by atoms with Crippen LogP contribution in [0.3, 0.4) is 0 Å². The van der Waals surface area contributed by atoms with Crippen LogP contribution in [0.5, 0.6) is 0 Å². The number of aryl methyl sites for hydroxylation is 1. The van der Waals surface area contributed by atoms with Gasteiger partial charge in [-0.15, -0.1) is 17.4 Å². The molecule has 3 heterocycles. The maximum atomic E-state index is 12.4. The van der Waals surface area contributed by atoms with Crippen LogP contribution in [0.15, 0.2) is 10.2 Å². The van der Waals surface area contributed by atoms with Gasteiger partial charge in [-0.05, 0) is 6.42 Å². The Morgan fingerprint density at radius 3 is 3.09 bits per heavy atom. The fourth-order valence-corrected chi connectivity index (χ4v) is 2.72. The summed E-state index contributed by atoms with van der Waals surface area (Å²) in [7, 11) is 1.81. The summed E-state index contributed by atoms with van der Waals surface area (Å²) < 4.78 is 1.66. The fraction of sp³-hybridized carbons (Fsp3) is 0.643. The van der Waals surface area contributed by atoms with Crippen molar-refractivity contribution in [3.63, 3.8) is 0 Å². The molecular weight excluding hydrogens is 282 g/mol. The molecule has 8 nitrogen and oxygen atoms in total. The first-order valence-electron chi connectivity index (χ1n) is 7.44. The number of anilines is 1. The topological polar surface area (TPSA) is 96.6 Å². The Morgan fingerprint density at radius 2 is 2.36 bits per heavy atom. The lowest BCUT2D eigenvalue weighted by molar-refractivity contribution is -0.122. The first kappa shape index (κ1) is 14.5. The monoisotopic (exact) mass is 301 g/mol. The van der Waals surface area contributed by atoms with Gasteiger partial charge in [0.25, 0.3) is 0 Å². The highest BCUT2D eigenvalue weighted by Crippen LogP contribution is 2.36. The molecule has 1 aromatic heterocycles. The number of amides is 1. The van der Waals surface area contributed by atoms with Crippen molar-refractivity contribution >= 4 is 11.7 Å². The molecule has 0 saturated heterocycles. The summed E-state index contributed by atoms with van der Waals surface area (Å²) >= 11 is 0. The summed E-state index contributed by atoms with van der Waals surface area (Å²) in [5.41, 5.74) is 0.361. The summed E-state index contributed by atoms with van der Waals surface area (Å²) in [4.78, 5) is 12.4. The Hall–Kier alpha value is -2.43. The molecule has 1 amide bonds. The first-order chi connectivity index (χ1) is 10.7. The molecule has 0 spiro atoms. The van der Waals surface area contributed by atoms with E-state index < -0.39 is 0 Å². The van der Waals surface area contributed by atoms with Gasteiger partial charge in [-0.1, -0.05) is 5.21 Å². The fourth-order valence-electron chi connectivity index (χ4n) is 2.72. The minimum Gasteiger partial charge on any atom is -0.369 e. The Bertz CT molecular complexity index is 636. The molecule has 1 atom stereocenters. The number of rotatable bonds is 6. The Balaban J connectivity index is 1.52. The number of carbonyl (C=O) groups is 1. The standard InChI is InChI=1S/C14H19N7O/c1-3-4-6-14(18-19-14)7-9-16-13(22)10-5-8-15-12-11(10)17-20-21(12)2/h1,10,15H,4-9H2,2H3,(H,16,22). The number of aromatic nitrogens is 3. The zero-order valence-electron chi connectivity index (χ0n) is 12.5. The first-order valence-corrected chi connectivity index (χ1v) is 7.44. The van der Waals surface area contributed by atoms with E-state index in [0.717, 1.165) is 18.8 Å².